The standard InChI is InChI=1S/C19H14N4O3/c24-18(14-8-6-12(7-9-14)15-10-20-11-26-15)21-17-16(19(25)23-22-17)13-4-2-1-3-5-13/h1-11,16H,(H,23,25)(H,21,22,24). The average molecular weight is 346 g/mol. The predicted molar refractivity (Wildman–Crippen MR) is 94.2 cm³/mol. The zero-order valence-corrected chi connectivity index (χ0v) is 13.5. The van der Waals surface area contributed by atoms with Gasteiger partial charge in [0, 0.05) is 11.1 Å². The van der Waals surface area contributed by atoms with Crippen LogP contribution < -0.4 is 10.7 Å². The number of aromatic nitrogens is 1. The summed E-state index contributed by atoms with van der Waals surface area (Å²) in [6.45, 7) is 0. The van der Waals surface area contributed by atoms with E-state index in [4.69, 9.17) is 4.42 Å². The average Bonchev–Trinajstić information content (AvgIpc) is 3.33. The van der Waals surface area contributed by atoms with Crippen LogP contribution in [0, 0.1) is 0 Å². The van der Waals surface area contributed by atoms with Gasteiger partial charge in [-0.2, -0.15) is 5.10 Å². The molecule has 0 saturated carbocycles. The third-order valence-electron chi connectivity index (χ3n) is 4.06. The molecule has 1 atom stereocenters. The SMILES string of the molecule is O=C(NC1=NNC(=O)C1c1ccccc1)c1ccc(-c2cnco2)cc1. The Morgan fingerprint density at radius 2 is 1.85 bits per heavy atom. The van der Waals surface area contributed by atoms with Crippen molar-refractivity contribution in [2.24, 2.45) is 5.10 Å². The predicted octanol–water partition coefficient (Wildman–Crippen LogP) is 2.30. The van der Waals surface area contributed by atoms with Gasteiger partial charge < -0.3 is 9.73 Å². The molecule has 128 valence electrons. The van der Waals surface area contributed by atoms with Crippen molar-refractivity contribution < 1.29 is 14.0 Å². The Morgan fingerprint density at radius 1 is 1.08 bits per heavy atom. The van der Waals surface area contributed by atoms with Crippen LogP contribution in [-0.2, 0) is 4.79 Å². The van der Waals surface area contributed by atoms with Crippen molar-refractivity contribution in [3.05, 3.63) is 78.3 Å². The Hall–Kier alpha value is -3.74. The molecule has 7 nitrogen and oxygen atoms in total. The highest BCUT2D eigenvalue weighted by molar-refractivity contribution is 6.18. The van der Waals surface area contributed by atoms with E-state index in [2.05, 4.69) is 20.8 Å². The molecule has 0 radical (unpaired) electrons. The molecule has 2 amide bonds. The van der Waals surface area contributed by atoms with Crippen molar-refractivity contribution in [2.45, 2.75) is 5.92 Å². The summed E-state index contributed by atoms with van der Waals surface area (Å²) in [7, 11) is 0. The van der Waals surface area contributed by atoms with Gasteiger partial charge >= 0.3 is 0 Å². The number of carbonyl (C=O) groups excluding carboxylic acids is 2. The zero-order chi connectivity index (χ0) is 17.9. The maximum Gasteiger partial charge on any atom is 0.256 e. The van der Waals surface area contributed by atoms with E-state index in [1.54, 1.807) is 30.5 Å². The van der Waals surface area contributed by atoms with Gasteiger partial charge in [0.25, 0.3) is 11.8 Å². The van der Waals surface area contributed by atoms with Crippen LogP contribution in [0.1, 0.15) is 21.8 Å². The van der Waals surface area contributed by atoms with E-state index in [-0.39, 0.29) is 17.6 Å². The van der Waals surface area contributed by atoms with Gasteiger partial charge in [-0.15, -0.1) is 0 Å². The first-order chi connectivity index (χ1) is 12.7. The van der Waals surface area contributed by atoms with Gasteiger partial charge in [0.05, 0.1) is 6.20 Å². The van der Waals surface area contributed by atoms with Gasteiger partial charge in [-0.25, -0.2) is 10.4 Å². The Labute approximate surface area is 148 Å². The second kappa shape index (κ2) is 6.64. The molecule has 1 aliphatic rings. The Kier molecular flexibility index (Phi) is 4.03. The molecule has 26 heavy (non-hydrogen) atoms. The normalized spacial score (nSPS) is 16.1. The van der Waals surface area contributed by atoms with Crippen molar-refractivity contribution in [1.29, 1.82) is 0 Å². The lowest BCUT2D eigenvalue weighted by Crippen LogP contribution is -2.35. The first kappa shape index (κ1) is 15.8. The molecule has 0 fully saturated rings. The van der Waals surface area contributed by atoms with Crippen molar-refractivity contribution in [1.82, 2.24) is 15.7 Å². The number of carbonyl (C=O) groups is 2. The highest BCUT2D eigenvalue weighted by Crippen LogP contribution is 2.21. The minimum absolute atomic E-state index is 0.271. The second-order valence-electron chi connectivity index (χ2n) is 5.71. The van der Waals surface area contributed by atoms with E-state index < -0.39 is 5.92 Å². The highest BCUT2D eigenvalue weighted by Gasteiger charge is 2.32. The largest absolute Gasteiger partial charge is 0.444 e. The molecule has 1 aliphatic heterocycles. The van der Waals surface area contributed by atoms with E-state index >= 15 is 0 Å². The third-order valence-corrected chi connectivity index (χ3v) is 4.06. The third kappa shape index (κ3) is 2.98. The lowest BCUT2D eigenvalue weighted by molar-refractivity contribution is -0.120. The first-order valence-electron chi connectivity index (χ1n) is 7.95. The van der Waals surface area contributed by atoms with E-state index in [0.29, 0.717) is 11.3 Å². The van der Waals surface area contributed by atoms with Crippen LogP contribution in [0.4, 0.5) is 0 Å². The number of hydrazone groups is 1. The van der Waals surface area contributed by atoms with E-state index in [1.165, 1.54) is 6.39 Å². The molecule has 1 unspecified atom stereocenters. The van der Waals surface area contributed by atoms with Crippen LogP contribution in [0.15, 0.2) is 76.7 Å². The monoisotopic (exact) mass is 346 g/mol. The molecule has 4 rings (SSSR count). The first-order valence-corrected chi connectivity index (χ1v) is 7.95. The summed E-state index contributed by atoms with van der Waals surface area (Å²) in [6, 6.07) is 16.1. The highest BCUT2D eigenvalue weighted by atomic mass is 16.3. The van der Waals surface area contributed by atoms with Crippen LogP contribution in [0.25, 0.3) is 11.3 Å². The number of benzene rings is 2. The lowest BCUT2D eigenvalue weighted by atomic mass is 9.97. The van der Waals surface area contributed by atoms with Crippen molar-refractivity contribution in [3.8, 4) is 11.3 Å². The molecule has 2 aromatic carbocycles. The number of hydrogen-bond acceptors (Lipinski definition) is 5. The quantitative estimate of drug-likeness (QED) is 0.760. The van der Waals surface area contributed by atoms with Crippen LogP contribution >= 0.6 is 0 Å². The summed E-state index contributed by atoms with van der Waals surface area (Å²) in [6.07, 6.45) is 2.95. The minimum Gasteiger partial charge on any atom is -0.444 e. The Bertz CT molecular complexity index is 964. The van der Waals surface area contributed by atoms with Gasteiger partial charge in [-0.1, -0.05) is 42.5 Å². The number of amidine groups is 1. The summed E-state index contributed by atoms with van der Waals surface area (Å²) >= 11 is 0. The fourth-order valence-corrected chi connectivity index (χ4v) is 2.76. The maximum atomic E-state index is 12.5. The number of rotatable bonds is 3. The summed E-state index contributed by atoms with van der Waals surface area (Å²) in [5.74, 6) is -0.340. The molecular formula is C19H14N4O3. The Morgan fingerprint density at radius 3 is 2.54 bits per heavy atom. The Balaban J connectivity index is 1.51. The summed E-state index contributed by atoms with van der Waals surface area (Å²) in [5, 5.41) is 6.68. The van der Waals surface area contributed by atoms with Crippen molar-refractivity contribution in [3.63, 3.8) is 0 Å². The molecule has 0 spiro atoms. The number of nitrogens with one attached hydrogen (secondary N) is 2. The molecule has 0 bridgehead atoms. The molecule has 2 heterocycles. The topological polar surface area (TPSA) is 96.6 Å². The number of hydrogen-bond donors (Lipinski definition) is 2. The van der Waals surface area contributed by atoms with E-state index in [0.717, 1.165) is 11.1 Å². The second-order valence-corrected chi connectivity index (χ2v) is 5.71. The fraction of sp³-hybridized carbons (Fsp3) is 0.0526. The molecule has 3 aromatic rings. The van der Waals surface area contributed by atoms with Gasteiger partial charge in [0.2, 0.25) is 0 Å². The van der Waals surface area contributed by atoms with Crippen molar-refractivity contribution in [2.75, 3.05) is 0 Å². The van der Waals surface area contributed by atoms with E-state index in [1.807, 2.05) is 30.3 Å². The molecule has 0 saturated heterocycles. The molecular weight excluding hydrogens is 332 g/mol. The van der Waals surface area contributed by atoms with Gasteiger partial charge in [0.1, 0.15) is 11.8 Å². The van der Waals surface area contributed by atoms with Crippen LogP contribution in [-0.4, -0.2) is 22.6 Å². The smallest absolute Gasteiger partial charge is 0.256 e. The van der Waals surface area contributed by atoms with E-state index in [9.17, 15) is 9.59 Å². The van der Waals surface area contributed by atoms with Crippen LogP contribution in [0.5, 0.6) is 0 Å². The maximum absolute atomic E-state index is 12.5. The number of oxazole rings is 1. The summed E-state index contributed by atoms with van der Waals surface area (Å²) < 4.78 is 5.23. The molecule has 7 heteroatoms. The number of amides is 2. The molecule has 1 aromatic heterocycles. The zero-order valence-electron chi connectivity index (χ0n) is 13.5. The minimum atomic E-state index is -0.631. The molecule has 2 N–H and O–H groups in total. The van der Waals surface area contributed by atoms with Crippen LogP contribution in [0.3, 0.4) is 0 Å². The fourth-order valence-electron chi connectivity index (χ4n) is 2.76. The molecule has 0 aliphatic carbocycles. The van der Waals surface area contributed by atoms with Crippen LogP contribution in [0.2, 0.25) is 0 Å². The van der Waals surface area contributed by atoms with Gasteiger partial charge in [-0.3, -0.25) is 9.59 Å². The van der Waals surface area contributed by atoms with Crippen molar-refractivity contribution >= 4 is 17.6 Å². The van der Waals surface area contributed by atoms with Gasteiger partial charge in [-0.05, 0) is 17.7 Å². The lowest BCUT2D eigenvalue weighted by Gasteiger charge is -2.12. The summed E-state index contributed by atoms with van der Waals surface area (Å²) in [5.41, 5.74) is 4.45. The number of nitrogens with zero attached hydrogens (tertiary/aromatic N) is 2. The summed E-state index contributed by atoms with van der Waals surface area (Å²) in [4.78, 5) is 28.5. The van der Waals surface area contributed by atoms with Gasteiger partial charge in [0.15, 0.2) is 12.2 Å².